The number of hydrogen-bond donors (Lipinski definition) is 2. The van der Waals surface area contributed by atoms with Gasteiger partial charge in [-0.1, -0.05) is 0 Å². The first-order valence-electron chi connectivity index (χ1n) is 9.49. The SMILES string of the molecule is CC(O)COC(=O)c1c(Br)c(Br)c(Br)c(Br)c1C(=O)OC(C)(C)CCOC(C)CCO. The predicted molar refractivity (Wildman–Crippen MR) is 130 cm³/mol. The van der Waals surface area contributed by atoms with Crippen molar-refractivity contribution in [1.82, 2.24) is 0 Å². The van der Waals surface area contributed by atoms with Gasteiger partial charge in [-0.3, -0.25) is 0 Å². The van der Waals surface area contributed by atoms with E-state index in [4.69, 9.17) is 19.3 Å². The summed E-state index contributed by atoms with van der Waals surface area (Å²) in [6.45, 7) is 6.97. The summed E-state index contributed by atoms with van der Waals surface area (Å²) >= 11 is 13.4. The summed E-state index contributed by atoms with van der Waals surface area (Å²) in [6.07, 6.45) is -0.0364. The lowest BCUT2D eigenvalue weighted by Gasteiger charge is -2.27. The van der Waals surface area contributed by atoms with E-state index in [9.17, 15) is 14.7 Å². The van der Waals surface area contributed by atoms with Crippen LogP contribution in [0.25, 0.3) is 0 Å². The van der Waals surface area contributed by atoms with E-state index in [2.05, 4.69) is 63.7 Å². The van der Waals surface area contributed by atoms with E-state index in [0.717, 1.165) is 0 Å². The van der Waals surface area contributed by atoms with Crippen LogP contribution in [0.3, 0.4) is 0 Å². The summed E-state index contributed by atoms with van der Waals surface area (Å²) in [6, 6.07) is 0. The molecule has 0 saturated carbocycles. The zero-order valence-corrected chi connectivity index (χ0v) is 24.0. The topological polar surface area (TPSA) is 102 Å². The molecule has 1 rings (SSSR count). The molecule has 176 valence electrons. The Kier molecular flexibility index (Phi) is 12.2. The fourth-order valence-electron chi connectivity index (χ4n) is 2.41. The fraction of sp³-hybridized carbons (Fsp3) is 0.600. The van der Waals surface area contributed by atoms with Crippen molar-refractivity contribution >= 4 is 75.7 Å². The number of aliphatic hydroxyl groups excluding tert-OH is 2. The van der Waals surface area contributed by atoms with Crippen molar-refractivity contribution in [1.29, 1.82) is 0 Å². The van der Waals surface area contributed by atoms with Gasteiger partial charge in [-0.25, -0.2) is 9.59 Å². The number of halogens is 4. The summed E-state index contributed by atoms with van der Waals surface area (Å²) in [7, 11) is 0. The highest BCUT2D eigenvalue weighted by molar-refractivity contribution is 9.15. The molecular formula is C20H26Br4O7. The first-order chi connectivity index (χ1) is 14.3. The lowest BCUT2D eigenvalue weighted by atomic mass is 10.0. The van der Waals surface area contributed by atoms with Gasteiger partial charge >= 0.3 is 11.9 Å². The Bertz CT molecular complexity index is 796. The zero-order chi connectivity index (χ0) is 23.9. The maximum absolute atomic E-state index is 13.1. The average molecular weight is 698 g/mol. The van der Waals surface area contributed by atoms with Gasteiger partial charge in [0.15, 0.2) is 0 Å². The van der Waals surface area contributed by atoms with E-state index in [1.807, 2.05) is 6.92 Å². The van der Waals surface area contributed by atoms with Crippen LogP contribution in [0, 0.1) is 0 Å². The van der Waals surface area contributed by atoms with Crippen LogP contribution in [-0.4, -0.2) is 59.8 Å². The van der Waals surface area contributed by atoms with Gasteiger partial charge in [0, 0.05) is 30.9 Å². The maximum Gasteiger partial charge on any atom is 0.340 e. The van der Waals surface area contributed by atoms with Crippen molar-refractivity contribution in [3.8, 4) is 0 Å². The molecule has 2 N–H and O–H groups in total. The number of rotatable bonds is 11. The molecule has 2 unspecified atom stereocenters. The van der Waals surface area contributed by atoms with E-state index in [1.54, 1.807) is 13.8 Å². The third-order valence-corrected chi connectivity index (χ3v) is 8.91. The van der Waals surface area contributed by atoms with Crippen molar-refractivity contribution in [3.05, 3.63) is 29.0 Å². The second-order valence-electron chi connectivity index (χ2n) is 7.55. The number of benzene rings is 1. The van der Waals surface area contributed by atoms with Gasteiger partial charge in [-0.2, -0.15) is 0 Å². The average Bonchev–Trinajstić information content (AvgIpc) is 2.66. The second kappa shape index (κ2) is 13.0. The van der Waals surface area contributed by atoms with Gasteiger partial charge in [0.25, 0.3) is 0 Å². The minimum absolute atomic E-state index is 0.0137. The molecule has 0 saturated heterocycles. The molecule has 0 heterocycles. The normalized spacial score (nSPS) is 13.6. The van der Waals surface area contributed by atoms with Gasteiger partial charge in [0.05, 0.1) is 29.9 Å². The van der Waals surface area contributed by atoms with Gasteiger partial charge in [0.1, 0.15) is 12.2 Å². The zero-order valence-electron chi connectivity index (χ0n) is 17.6. The molecule has 1 aromatic rings. The van der Waals surface area contributed by atoms with Crippen molar-refractivity contribution in [2.24, 2.45) is 0 Å². The third kappa shape index (κ3) is 8.68. The lowest BCUT2D eigenvalue weighted by Crippen LogP contribution is -2.31. The highest BCUT2D eigenvalue weighted by Gasteiger charge is 2.33. The Hall–Kier alpha value is -0.0400. The minimum Gasteiger partial charge on any atom is -0.459 e. The Morgan fingerprint density at radius 3 is 1.97 bits per heavy atom. The first-order valence-corrected chi connectivity index (χ1v) is 12.7. The van der Waals surface area contributed by atoms with Crippen molar-refractivity contribution in [2.75, 3.05) is 19.8 Å². The predicted octanol–water partition coefficient (Wildman–Crippen LogP) is 5.39. The van der Waals surface area contributed by atoms with E-state index >= 15 is 0 Å². The Labute approximate surface area is 215 Å². The maximum atomic E-state index is 13.1. The highest BCUT2D eigenvalue weighted by atomic mass is 79.9. The third-order valence-electron chi connectivity index (χ3n) is 4.14. The summed E-state index contributed by atoms with van der Waals surface area (Å²) in [5.41, 5.74) is -0.932. The van der Waals surface area contributed by atoms with E-state index in [1.165, 1.54) is 6.92 Å². The monoisotopic (exact) mass is 694 g/mol. The van der Waals surface area contributed by atoms with Gasteiger partial charge in [0.2, 0.25) is 0 Å². The number of carbonyl (C=O) groups is 2. The second-order valence-corrected chi connectivity index (χ2v) is 10.7. The molecule has 2 atom stereocenters. The van der Waals surface area contributed by atoms with E-state index in [-0.39, 0.29) is 30.4 Å². The van der Waals surface area contributed by atoms with E-state index in [0.29, 0.717) is 37.3 Å². The summed E-state index contributed by atoms with van der Waals surface area (Å²) < 4.78 is 18.1. The van der Waals surface area contributed by atoms with Crippen molar-refractivity contribution in [3.63, 3.8) is 0 Å². The van der Waals surface area contributed by atoms with Crippen LogP contribution < -0.4 is 0 Å². The quantitative estimate of drug-likeness (QED) is 0.182. The van der Waals surface area contributed by atoms with Crippen LogP contribution in [-0.2, 0) is 14.2 Å². The lowest BCUT2D eigenvalue weighted by molar-refractivity contribution is -0.0287. The molecule has 11 heteroatoms. The van der Waals surface area contributed by atoms with Crippen LogP contribution in [0.2, 0.25) is 0 Å². The Morgan fingerprint density at radius 1 is 0.968 bits per heavy atom. The van der Waals surface area contributed by atoms with Gasteiger partial charge < -0.3 is 24.4 Å². The van der Waals surface area contributed by atoms with E-state index < -0.39 is 23.6 Å². The molecule has 0 radical (unpaired) electrons. The van der Waals surface area contributed by atoms with Crippen LogP contribution in [0.1, 0.15) is 61.3 Å². The molecule has 0 amide bonds. The smallest absolute Gasteiger partial charge is 0.340 e. The van der Waals surface area contributed by atoms with Gasteiger partial charge in [-0.15, -0.1) is 0 Å². The first kappa shape index (κ1) is 29.0. The molecule has 0 aliphatic carbocycles. The molecule has 31 heavy (non-hydrogen) atoms. The molecule has 1 aromatic carbocycles. The van der Waals surface area contributed by atoms with Gasteiger partial charge in [-0.05, 0) is 97.8 Å². The van der Waals surface area contributed by atoms with Crippen molar-refractivity contribution in [2.45, 2.75) is 58.3 Å². The molecule has 0 spiro atoms. The molecule has 0 bridgehead atoms. The van der Waals surface area contributed by atoms with Crippen LogP contribution in [0.5, 0.6) is 0 Å². The largest absolute Gasteiger partial charge is 0.459 e. The van der Waals surface area contributed by atoms with Crippen LogP contribution >= 0.6 is 63.7 Å². The van der Waals surface area contributed by atoms with Crippen LogP contribution in [0.15, 0.2) is 17.9 Å². The fourth-order valence-corrected chi connectivity index (χ4v) is 4.85. The summed E-state index contributed by atoms with van der Waals surface area (Å²) in [4.78, 5) is 25.8. The van der Waals surface area contributed by atoms with Crippen LogP contribution in [0.4, 0.5) is 0 Å². The molecule has 0 aromatic heterocycles. The minimum atomic E-state index is -0.887. The van der Waals surface area contributed by atoms with Crippen molar-refractivity contribution < 1.29 is 34.0 Å². The standard InChI is InChI=1S/C20H26Br4O7/c1-10(26)9-30-18(27)12-13(15(22)17(24)16(23)14(12)21)19(28)31-20(3,4)6-8-29-11(2)5-7-25/h10-11,25-26H,5-9H2,1-4H3. The molecular weight excluding hydrogens is 672 g/mol. The molecule has 0 aliphatic heterocycles. The summed E-state index contributed by atoms with van der Waals surface area (Å²) in [5.74, 6) is -1.51. The highest BCUT2D eigenvalue weighted by Crippen LogP contribution is 2.43. The Morgan fingerprint density at radius 2 is 1.48 bits per heavy atom. The number of ether oxygens (including phenoxy) is 3. The molecule has 0 aliphatic rings. The number of esters is 2. The molecule has 0 fully saturated rings. The molecule has 7 nitrogen and oxygen atoms in total. The Balaban J connectivity index is 3.16. The number of aliphatic hydroxyl groups is 2. The number of hydrogen-bond acceptors (Lipinski definition) is 7. The summed E-state index contributed by atoms with van der Waals surface area (Å²) in [5, 5.41) is 18.4. The number of carbonyl (C=O) groups excluding carboxylic acids is 2.